The van der Waals surface area contributed by atoms with Crippen molar-refractivity contribution in [2.24, 2.45) is 5.28 Å². The first-order chi connectivity index (χ1) is 22.7. The van der Waals surface area contributed by atoms with Crippen molar-refractivity contribution in [3.8, 4) is 28.7 Å². The maximum Gasteiger partial charge on any atom is 0.321 e. The lowest BCUT2D eigenvalue weighted by Crippen LogP contribution is -2.35. The second-order valence-electron chi connectivity index (χ2n) is 10.5. The number of carbonyl (C=O) groups excluding carboxylic acids is 1. The Labute approximate surface area is 270 Å². The Morgan fingerprint density at radius 1 is 0.894 bits per heavy atom. The number of benzene rings is 3. The van der Waals surface area contributed by atoms with E-state index in [1.807, 2.05) is 0 Å². The minimum Gasteiger partial charge on any atom is -0.569 e. The standard InChI is InChI=1S/C32H35N5O10/c1-3-4-8-18-45-29-15-13-23(19-32(29)44-2)12-14-28(38)24-10-9-11-25(20-24)46-30-22-31(27(36(41)42)21-26(30)35(39)40)47-33-37(43)34-16-6-5-7-17-34/h9-15,19-22H,3-8,16-18H2,1-2H3/b14-12+,37-33-. The van der Waals surface area contributed by atoms with Gasteiger partial charge in [0.15, 0.2) is 17.3 Å². The predicted octanol–water partition coefficient (Wildman–Crippen LogP) is 7.43. The zero-order valence-corrected chi connectivity index (χ0v) is 26.0. The molecule has 1 saturated heterocycles. The topological polar surface area (TPSA) is 182 Å². The average molecular weight is 650 g/mol. The molecule has 15 nitrogen and oxygen atoms in total. The second-order valence-corrected chi connectivity index (χ2v) is 10.5. The highest BCUT2D eigenvalue weighted by Gasteiger charge is 2.29. The van der Waals surface area contributed by atoms with Crippen LogP contribution >= 0.6 is 0 Å². The molecule has 0 bridgehead atoms. The summed E-state index contributed by atoms with van der Waals surface area (Å²) in [5.41, 5.74) is -0.620. The quantitative estimate of drug-likeness (QED) is 0.0286. The minimum absolute atomic E-state index is 0.0362. The smallest absolute Gasteiger partial charge is 0.321 e. The summed E-state index contributed by atoms with van der Waals surface area (Å²) in [5.74, 6) is -0.187. The molecule has 1 aliphatic heterocycles. The first-order valence-corrected chi connectivity index (χ1v) is 15.1. The van der Waals surface area contributed by atoms with Crippen molar-refractivity contribution < 1.29 is 38.7 Å². The van der Waals surface area contributed by atoms with Crippen LogP contribution in [0.2, 0.25) is 0 Å². The molecule has 3 aromatic rings. The van der Waals surface area contributed by atoms with Gasteiger partial charge in [-0.3, -0.25) is 29.9 Å². The molecule has 0 spiro atoms. The van der Waals surface area contributed by atoms with Crippen LogP contribution in [0.4, 0.5) is 11.4 Å². The Balaban J connectivity index is 1.53. The summed E-state index contributed by atoms with van der Waals surface area (Å²) in [7, 11) is 1.53. The van der Waals surface area contributed by atoms with E-state index in [2.05, 4.69) is 12.2 Å². The molecule has 0 aliphatic carbocycles. The SMILES string of the molecule is CCCCCOc1ccc(/C=C/C(=O)c2cccc(Oc3cc(O/N=[N+](\[O-])N4CCCCC4)c([N+](=O)[O-])cc3[N+](=O)[O-])c2)cc1OC. The normalized spacial score (nSPS) is 13.3. The summed E-state index contributed by atoms with van der Waals surface area (Å²) in [6.45, 7) is 3.56. The van der Waals surface area contributed by atoms with Gasteiger partial charge < -0.3 is 19.4 Å². The summed E-state index contributed by atoms with van der Waals surface area (Å²) < 4.78 is 17.0. The molecule has 0 unspecified atom stereocenters. The first-order valence-electron chi connectivity index (χ1n) is 15.1. The molecular weight excluding hydrogens is 614 g/mol. The fourth-order valence-corrected chi connectivity index (χ4v) is 4.71. The van der Waals surface area contributed by atoms with Crippen LogP contribution in [-0.2, 0) is 0 Å². The van der Waals surface area contributed by atoms with Crippen molar-refractivity contribution in [3.05, 3.63) is 97.2 Å². The van der Waals surface area contributed by atoms with E-state index < -0.39 is 32.7 Å². The summed E-state index contributed by atoms with van der Waals surface area (Å²) in [6.07, 6.45) is 8.55. The third-order valence-corrected chi connectivity index (χ3v) is 7.18. The van der Waals surface area contributed by atoms with E-state index >= 15 is 0 Å². The Hall–Kier alpha value is -5.73. The van der Waals surface area contributed by atoms with Crippen LogP contribution in [0.5, 0.6) is 28.7 Å². The molecule has 0 aromatic heterocycles. The maximum atomic E-state index is 13.0. The maximum absolute atomic E-state index is 13.0. The number of nitrogens with zero attached hydrogens (tertiary/aromatic N) is 5. The molecule has 248 valence electrons. The van der Waals surface area contributed by atoms with Crippen molar-refractivity contribution in [1.29, 1.82) is 0 Å². The van der Waals surface area contributed by atoms with Crippen LogP contribution < -0.4 is 19.0 Å². The summed E-state index contributed by atoms with van der Waals surface area (Å²) in [6, 6.07) is 12.7. The van der Waals surface area contributed by atoms with Crippen LogP contribution in [0.1, 0.15) is 61.4 Å². The third-order valence-electron chi connectivity index (χ3n) is 7.18. The van der Waals surface area contributed by atoms with Crippen LogP contribution in [0.3, 0.4) is 0 Å². The first kappa shape index (κ1) is 34.1. The van der Waals surface area contributed by atoms with Gasteiger partial charge in [-0.1, -0.05) is 44.0 Å². The van der Waals surface area contributed by atoms with E-state index in [9.17, 15) is 30.2 Å². The van der Waals surface area contributed by atoms with E-state index in [0.29, 0.717) is 42.8 Å². The fourth-order valence-electron chi connectivity index (χ4n) is 4.71. The molecule has 0 radical (unpaired) electrons. The van der Waals surface area contributed by atoms with Gasteiger partial charge in [-0.15, -0.1) is 5.01 Å². The number of rotatable bonds is 16. The van der Waals surface area contributed by atoms with Gasteiger partial charge in [-0.2, -0.15) is 0 Å². The summed E-state index contributed by atoms with van der Waals surface area (Å²) in [4.78, 5) is 40.0. The van der Waals surface area contributed by atoms with Gasteiger partial charge in [0.25, 0.3) is 0 Å². The van der Waals surface area contributed by atoms with Crippen LogP contribution in [0.25, 0.3) is 6.08 Å². The Morgan fingerprint density at radius 2 is 1.64 bits per heavy atom. The highest BCUT2D eigenvalue weighted by atomic mass is 16.7. The number of piperidine rings is 1. The average Bonchev–Trinajstić information content (AvgIpc) is 3.08. The zero-order chi connectivity index (χ0) is 33.8. The number of carbonyl (C=O) groups is 1. The summed E-state index contributed by atoms with van der Waals surface area (Å²) >= 11 is 0. The lowest BCUT2D eigenvalue weighted by molar-refractivity contribution is -0.708. The van der Waals surface area contributed by atoms with Gasteiger partial charge >= 0.3 is 11.4 Å². The molecule has 1 heterocycles. The van der Waals surface area contributed by atoms with Crippen molar-refractivity contribution in [1.82, 2.24) is 5.01 Å². The summed E-state index contributed by atoms with van der Waals surface area (Å²) in [5, 5.41) is 40.6. The van der Waals surface area contributed by atoms with Crippen LogP contribution in [0, 0.1) is 25.4 Å². The van der Waals surface area contributed by atoms with Crippen LogP contribution in [0.15, 0.2) is 66.0 Å². The molecular formula is C32H35N5O10. The number of unbranched alkanes of at least 4 members (excludes halogenated alkanes) is 2. The lowest BCUT2D eigenvalue weighted by atomic mass is 10.1. The van der Waals surface area contributed by atoms with E-state index in [-0.39, 0.29) is 22.1 Å². The molecule has 47 heavy (non-hydrogen) atoms. The molecule has 0 saturated carbocycles. The zero-order valence-electron chi connectivity index (χ0n) is 26.0. The number of methoxy groups -OCH3 is 1. The van der Waals surface area contributed by atoms with E-state index in [1.54, 1.807) is 24.3 Å². The number of nitro benzene ring substituents is 2. The minimum atomic E-state index is -0.896. The van der Waals surface area contributed by atoms with Crippen LogP contribution in [-0.4, -0.2) is 52.4 Å². The van der Waals surface area contributed by atoms with Gasteiger partial charge in [0.05, 0.1) is 41.6 Å². The fraction of sp³-hybridized carbons (Fsp3) is 0.344. The number of allylic oxidation sites excluding steroid dienone is 1. The van der Waals surface area contributed by atoms with E-state index in [4.69, 9.17) is 19.0 Å². The Bertz CT molecular complexity index is 1650. The highest BCUT2D eigenvalue weighted by Crippen LogP contribution is 2.41. The molecule has 0 N–H and O–H groups in total. The molecule has 4 rings (SSSR count). The highest BCUT2D eigenvalue weighted by molar-refractivity contribution is 6.07. The monoisotopic (exact) mass is 649 g/mol. The third kappa shape index (κ3) is 9.39. The molecule has 3 aromatic carbocycles. The number of ketones is 1. The Morgan fingerprint density at radius 3 is 2.34 bits per heavy atom. The number of ether oxygens (including phenoxy) is 3. The molecule has 0 amide bonds. The van der Waals surface area contributed by atoms with Crippen molar-refractivity contribution in [2.45, 2.75) is 45.4 Å². The van der Waals surface area contributed by atoms with E-state index in [1.165, 1.54) is 42.5 Å². The largest absolute Gasteiger partial charge is 0.569 e. The van der Waals surface area contributed by atoms with Crippen molar-refractivity contribution in [2.75, 3.05) is 26.8 Å². The van der Waals surface area contributed by atoms with E-state index in [0.717, 1.165) is 44.6 Å². The molecule has 1 fully saturated rings. The van der Waals surface area contributed by atoms with Gasteiger partial charge in [-0.25, -0.2) is 0 Å². The number of hydrogen-bond acceptors (Lipinski definition) is 11. The van der Waals surface area contributed by atoms with Gasteiger partial charge in [0, 0.05) is 11.6 Å². The molecule has 1 aliphatic rings. The predicted molar refractivity (Wildman–Crippen MR) is 170 cm³/mol. The second kappa shape index (κ2) is 16.5. The van der Waals surface area contributed by atoms with Gasteiger partial charge in [0.2, 0.25) is 16.8 Å². The molecule has 15 heteroatoms. The number of hydrazine groups is 1. The van der Waals surface area contributed by atoms with Crippen molar-refractivity contribution >= 4 is 23.2 Å². The Kier molecular flexibility index (Phi) is 12.0. The number of nitro groups is 2. The lowest BCUT2D eigenvalue weighted by Gasteiger charge is -2.21. The number of hydrogen-bond donors (Lipinski definition) is 0. The molecule has 0 atom stereocenters. The van der Waals surface area contributed by atoms with Gasteiger partial charge in [0.1, 0.15) is 11.8 Å². The van der Waals surface area contributed by atoms with Crippen molar-refractivity contribution in [3.63, 3.8) is 0 Å². The van der Waals surface area contributed by atoms with Gasteiger partial charge in [-0.05, 0) is 61.6 Å².